The van der Waals surface area contributed by atoms with Crippen molar-refractivity contribution in [3.05, 3.63) is 23.8 Å². The number of nitrogens with zero attached hydrogens (tertiary/aromatic N) is 2. The molecule has 1 heterocycles. The fraction of sp³-hybridized carbons (Fsp3) is 0.462. The summed E-state index contributed by atoms with van der Waals surface area (Å²) in [6.45, 7) is 0.771. The zero-order chi connectivity index (χ0) is 15.8. The molecule has 0 aliphatic carbocycles. The van der Waals surface area contributed by atoms with E-state index in [-0.39, 0.29) is 10.9 Å². The number of hydrogen-bond acceptors (Lipinski definition) is 5. The summed E-state index contributed by atoms with van der Waals surface area (Å²) < 4.78 is 26.4. The van der Waals surface area contributed by atoms with Crippen LogP contribution < -0.4 is 0 Å². The van der Waals surface area contributed by atoms with Crippen LogP contribution in [0.1, 0.15) is 16.8 Å². The molecule has 1 unspecified atom stereocenters. The van der Waals surface area contributed by atoms with Crippen molar-refractivity contribution in [3.8, 4) is 5.75 Å². The van der Waals surface area contributed by atoms with E-state index >= 15 is 0 Å². The lowest BCUT2D eigenvalue weighted by Crippen LogP contribution is -2.34. The topological polar surface area (TPSA) is 98.2 Å². The van der Waals surface area contributed by atoms with Crippen molar-refractivity contribution in [2.24, 2.45) is 0 Å². The summed E-state index contributed by atoms with van der Waals surface area (Å²) >= 11 is 0. The van der Waals surface area contributed by atoms with Gasteiger partial charge in [-0.1, -0.05) is 0 Å². The Morgan fingerprint density at radius 2 is 2.05 bits per heavy atom. The molecule has 2 N–H and O–H groups in total. The van der Waals surface area contributed by atoms with Crippen LogP contribution in [0.5, 0.6) is 5.75 Å². The molecule has 2 rings (SSSR count). The highest BCUT2D eigenvalue weighted by atomic mass is 32.2. The SMILES string of the molecule is CN(C)C1CCN(S(=O)(=O)c2ccc(O)c(C(=O)O)c2)C1. The van der Waals surface area contributed by atoms with Gasteiger partial charge < -0.3 is 15.1 Å². The van der Waals surface area contributed by atoms with Crippen LogP contribution >= 0.6 is 0 Å². The third-order valence-corrected chi connectivity index (χ3v) is 5.55. The number of hydrogen-bond donors (Lipinski definition) is 2. The van der Waals surface area contributed by atoms with Crippen LogP contribution in [-0.4, -0.2) is 67.0 Å². The van der Waals surface area contributed by atoms with E-state index in [2.05, 4.69) is 0 Å². The summed E-state index contributed by atoms with van der Waals surface area (Å²) in [5, 5.41) is 18.4. The molecule has 0 amide bonds. The minimum Gasteiger partial charge on any atom is -0.507 e. The second kappa shape index (κ2) is 5.63. The molecule has 1 aliphatic heterocycles. The van der Waals surface area contributed by atoms with Gasteiger partial charge in [-0.05, 0) is 38.7 Å². The Hall–Kier alpha value is -1.64. The zero-order valence-electron chi connectivity index (χ0n) is 11.9. The van der Waals surface area contributed by atoms with Gasteiger partial charge in [0.25, 0.3) is 0 Å². The van der Waals surface area contributed by atoms with Gasteiger partial charge in [0.1, 0.15) is 11.3 Å². The minimum atomic E-state index is -3.75. The maximum absolute atomic E-state index is 12.5. The Kier molecular flexibility index (Phi) is 4.22. The summed E-state index contributed by atoms with van der Waals surface area (Å²) in [6.07, 6.45) is 0.732. The van der Waals surface area contributed by atoms with Crippen LogP contribution in [0.15, 0.2) is 23.1 Å². The summed E-state index contributed by atoms with van der Waals surface area (Å²) in [5.74, 6) is -1.81. The van der Waals surface area contributed by atoms with E-state index in [0.717, 1.165) is 18.6 Å². The number of aromatic hydroxyl groups is 1. The largest absolute Gasteiger partial charge is 0.507 e. The summed E-state index contributed by atoms with van der Waals surface area (Å²) in [4.78, 5) is 12.8. The van der Waals surface area contributed by atoms with Crippen molar-refractivity contribution < 1.29 is 23.4 Å². The predicted octanol–water partition coefficient (Wildman–Crippen LogP) is 0.415. The van der Waals surface area contributed by atoms with Crippen LogP contribution in [0, 0.1) is 0 Å². The Labute approximate surface area is 123 Å². The van der Waals surface area contributed by atoms with E-state index < -0.39 is 27.3 Å². The molecule has 116 valence electrons. The first kappa shape index (κ1) is 15.7. The number of carbonyl (C=O) groups is 1. The van der Waals surface area contributed by atoms with Gasteiger partial charge >= 0.3 is 5.97 Å². The quantitative estimate of drug-likeness (QED) is 0.835. The van der Waals surface area contributed by atoms with Gasteiger partial charge in [-0.3, -0.25) is 0 Å². The highest BCUT2D eigenvalue weighted by Gasteiger charge is 2.33. The van der Waals surface area contributed by atoms with Crippen LogP contribution in [0.25, 0.3) is 0 Å². The number of phenols is 1. The molecule has 1 aromatic rings. The lowest BCUT2D eigenvalue weighted by Gasteiger charge is -2.20. The Morgan fingerprint density at radius 1 is 1.38 bits per heavy atom. The second-order valence-corrected chi connectivity index (χ2v) is 7.19. The molecule has 8 heteroatoms. The van der Waals surface area contributed by atoms with Crippen molar-refractivity contribution in [3.63, 3.8) is 0 Å². The third kappa shape index (κ3) is 3.02. The van der Waals surface area contributed by atoms with E-state index in [9.17, 15) is 18.3 Å². The van der Waals surface area contributed by atoms with E-state index in [4.69, 9.17) is 5.11 Å². The van der Waals surface area contributed by atoms with Crippen LogP contribution in [0.4, 0.5) is 0 Å². The monoisotopic (exact) mass is 314 g/mol. The van der Waals surface area contributed by atoms with E-state index in [1.165, 1.54) is 10.4 Å². The highest BCUT2D eigenvalue weighted by Crippen LogP contribution is 2.26. The van der Waals surface area contributed by atoms with Crippen molar-refractivity contribution in [2.45, 2.75) is 17.4 Å². The number of rotatable bonds is 4. The maximum Gasteiger partial charge on any atom is 0.339 e. The van der Waals surface area contributed by atoms with Gasteiger partial charge in [0.05, 0.1) is 4.90 Å². The van der Waals surface area contributed by atoms with Gasteiger partial charge in [0.2, 0.25) is 10.0 Å². The second-order valence-electron chi connectivity index (χ2n) is 5.25. The Morgan fingerprint density at radius 3 is 2.57 bits per heavy atom. The van der Waals surface area contributed by atoms with Gasteiger partial charge in [-0.15, -0.1) is 0 Å². The van der Waals surface area contributed by atoms with Crippen molar-refractivity contribution >= 4 is 16.0 Å². The van der Waals surface area contributed by atoms with E-state index in [1.807, 2.05) is 19.0 Å². The molecule has 21 heavy (non-hydrogen) atoms. The van der Waals surface area contributed by atoms with Crippen LogP contribution in [0.3, 0.4) is 0 Å². The molecule has 1 saturated heterocycles. The predicted molar refractivity (Wildman–Crippen MR) is 75.9 cm³/mol. The normalized spacial score (nSPS) is 20.0. The molecule has 0 aromatic heterocycles. The van der Waals surface area contributed by atoms with Gasteiger partial charge in [0, 0.05) is 19.1 Å². The fourth-order valence-corrected chi connectivity index (χ4v) is 3.87. The number of carboxylic acid groups (broad SMARTS) is 1. The highest BCUT2D eigenvalue weighted by molar-refractivity contribution is 7.89. The number of likely N-dealkylation sites (N-methyl/N-ethyl adjacent to an activating group) is 1. The third-order valence-electron chi connectivity index (χ3n) is 3.69. The minimum absolute atomic E-state index is 0.114. The van der Waals surface area contributed by atoms with Crippen LogP contribution in [-0.2, 0) is 10.0 Å². The van der Waals surface area contributed by atoms with E-state index in [1.54, 1.807) is 0 Å². The summed E-state index contributed by atoms with van der Waals surface area (Å²) in [7, 11) is 0.0398. The molecule has 0 spiro atoms. The first-order valence-electron chi connectivity index (χ1n) is 6.46. The molecule has 1 aromatic carbocycles. The number of sulfonamides is 1. The number of benzene rings is 1. The van der Waals surface area contributed by atoms with Gasteiger partial charge in [-0.2, -0.15) is 4.31 Å². The maximum atomic E-state index is 12.5. The zero-order valence-corrected chi connectivity index (χ0v) is 12.7. The molecule has 0 bridgehead atoms. The van der Waals surface area contributed by atoms with E-state index in [0.29, 0.717) is 13.1 Å². The average molecular weight is 314 g/mol. The van der Waals surface area contributed by atoms with Gasteiger partial charge in [0.15, 0.2) is 0 Å². The fourth-order valence-electron chi connectivity index (χ4n) is 2.35. The Bertz CT molecular complexity index is 657. The molecule has 1 aliphatic rings. The molecule has 0 radical (unpaired) electrons. The van der Waals surface area contributed by atoms with Gasteiger partial charge in [-0.25, -0.2) is 13.2 Å². The summed E-state index contributed by atoms with van der Waals surface area (Å²) in [5.41, 5.74) is -0.417. The molecule has 1 atom stereocenters. The lowest BCUT2D eigenvalue weighted by molar-refractivity contribution is 0.0693. The van der Waals surface area contributed by atoms with Crippen LogP contribution in [0.2, 0.25) is 0 Å². The smallest absolute Gasteiger partial charge is 0.339 e. The first-order chi connectivity index (χ1) is 9.73. The summed E-state index contributed by atoms with van der Waals surface area (Å²) in [6, 6.07) is 3.46. The molecule has 1 fully saturated rings. The standard InChI is InChI=1S/C13H18N2O5S/c1-14(2)9-5-6-15(8-9)21(19,20)10-3-4-12(16)11(7-10)13(17)18/h3-4,7,9,16H,5-6,8H2,1-2H3,(H,17,18). The molecule has 0 saturated carbocycles. The number of aromatic carboxylic acids is 1. The lowest BCUT2D eigenvalue weighted by atomic mass is 10.2. The molecule has 7 nitrogen and oxygen atoms in total. The first-order valence-corrected chi connectivity index (χ1v) is 7.90. The Balaban J connectivity index is 2.33. The molecular weight excluding hydrogens is 296 g/mol. The molecular formula is C13H18N2O5S. The van der Waals surface area contributed by atoms with Crippen molar-refractivity contribution in [1.29, 1.82) is 0 Å². The number of carboxylic acids is 1. The van der Waals surface area contributed by atoms with Crippen molar-refractivity contribution in [2.75, 3.05) is 27.2 Å². The average Bonchev–Trinajstić information content (AvgIpc) is 2.89. The van der Waals surface area contributed by atoms with Crippen molar-refractivity contribution in [1.82, 2.24) is 9.21 Å².